The highest BCUT2D eigenvalue weighted by Gasteiger charge is 2.22. The number of rotatable bonds is 8. The van der Waals surface area contributed by atoms with Gasteiger partial charge in [-0.05, 0) is 42.2 Å². The average Bonchev–Trinajstić information content (AvgIpc) is 3.40. The Morgan fingerprint density at radius 3 is 2.35 bits per heavy atom. The zero-order valence-electron chi connectivity index (χ0n) is 16.7. The molecule has 2 rings (SSSR count). The maximum atomic E-state index is 11.6. The first-order valence-corrected chi connectivity index (χ1v) is 9.72. The topological polar surface area (TPSA) is 65.5 Å². The van der Waals surface area contributed by atoms with Crippen molar-refractivity contribution in [1.29, 1.82) is 0 Å². The van der Waals surface area contributed by atoms with Crippen LogP contribution in [0.2, 0.25) is 0 Å². The normalized spacial score (nSPS) is 14.8. The molecule has 1 amide bonds. The SMILES string of the molecule is CN=C(NCCCC(=O)NC1CC1)NCCc1ccc(C(C)(C)C)cc1. The first kappa shape index (κ1) is 20.3. The molecule has 3 N–H and O–H groups in total. The van der Waals surface area contributed by atoms with Crippen molar-refractivity contribution in [1.82, 2.24) is 16.0 Å². The van der Waals surface area contributed by atoms with Gasteiger partial charge in [-0.15, -0.1) is 0 Å². The minimum atomic E-state index is 0.163. The van der Waals surface area contributed by atoms with Gasteiger partial charge < -0.3 is 16.0 Å². The lowest BCUT2D eigenvalue weighted by Gasteiger charge is -2.19. The lowest BCUT2D eigenvalue weighted by atomic mass is 9.86. The van der Waals surface area contributed by atoms with Crippen LogP contribution in [-0.2, 0) is 16.6 Å². The molecule has 0 unspecified atom stereocenters. The molecule has 26 heavy (non-hydrogen) atoms. The molecule has 1 fully saturated rings. The van der Waals surface area contributed by atoms with Gasteiger partial charge >= 0.3 is 0 Å². The van der Waals surface area contributed by atoms with E-state index in [1.54, 1.807) is 7.05 Å². The van der Waals surface area contributed by atoms with Crippen molar-refractivity contribution in [2.75, 3.05) is 20.1 Å². The highest BCUT2D eigenvalue weighted by atomic mass is 16.1. The highest BCUT2D eigenvalue weighted by molar-refractivity contribution is 5.80. The number of guanidine groups is 1. The van der Waals surface area contributed by atoms with Crippen LogP contribution in [0.4, 0.5) is 0 Å². The van der Waals surface area contributed by atoms with Gasteiger partial charge in [0.05, 0.1) is 0 Å². The maximum Gasteiger partial charge on any atom is 0.220 e. The van der Waals surface area contributed by atoms with Crippen molar-refractivity contribution in [3.63, 3.8) is 0 Å². The summed E-state index contributed by atoms with van der Waals surface area (Å²) in [6, 6.07) is 9.29. The summed E-state index contributed by atoms with van der Waals surface area (Å²) in [6.07, 6.45) is 4.61. The van der Waals surface area contributed by atoms with Gasteiger partial charge in [0.2, 0.25) is 5.91 Å². The average molecular weight is 359 g/mol. The van der Waals surface area contributed by atoms with Crippen LogP contribution >= 0.6 is 0 Å². The Hall–Kier alpha value is -2.04. The van der Waals surface area contributed by atoms with Crippen LogP contribution in [0.15, 0.2) is 29.3 Å². The van der Waals surface area contributed by atoms with Gasteiger partial charge in [0.25, 0.3) is 0 Å². The molecule has 0 aliphatic heterocycles. The van der Waals surface area contributed by atoms with Crippen LogP contribution in [0.1, 0.15) is 57.6 Å². The zero-order valence-corrected chi connectivity index (χ0v) is 16.7. The Morgan fingerprint density at radius 2 is 1.77 bits per heavy atom. The third-order valence-corrected chi connectivity index (χ3v) is 4.57. The number of carbonyl (C=O) groups is 1. The van der Waals surface area contributed by atoms with E-state index in [1.165, 1.54) is 11.1 Å². The van der Waals surface area contributed by atoms with E-state index >= 15 is 0 Å². The molecule has 0 spiro atoms. The number of nitrogens with one attached hydrogen (secondary N) is 3. The van der Waals surface area contributed by atoms with Gasteiger partial charge in [0.1, 0.15) is 0 Å². The molecule has 0 aromatic heterocycles. The van der Waals surface area contributed by atoms with Crippen LogP contribution in [-0.4, -0.2) is 38.0 Å². The van der Waals surface area contributed by atoms with Crippen LogP contribution in [0.3, 0.4) is 0 Å². The predicted molar refractivity (Wildman–Crippen MR) is 109 cm³/mol. The first-order chi connectivity index (χ1) is 12.4. The van der Waals surface area contributed by atoms with Gasteiger partial charge in [0.15, 0.2) is 5.96 Å². The second kappa shape index (κ2) is 9.60. The molecule has 0 saturated heterocycles. The molecule has 1 aromatic rings. The van der Waals surface area contributed by atoms with Crippen LogP contribution in [0.25, 0.3) is 0 Å². The Balaban J connectivity index is 1.61. The van der Waals surface area contributed by atoms with Crippen molar-refractivity contribution in [2.24, 2.45) is 4.99 Å². The molecule has 1 aromatic carbocycles. The van der Waals surface area contributed by atoms with E-state index in [0.29, 0.717) is 12.5 Å². The zero-order chi connectivity index (χ0) is 19.0. The van der Waals surface area contributed by atoms with Crippen molar-refractivity contribution in [3.05, 3.63) is 35.4 Å². The summed E-state index contributed by atoms with van der Waals surface area (Å²) in [5.41, 5.74) is 2.87. The molecule has 0 heterocycles. The van der Waals surface area contributed by atoms with Crippen molar-refractivity contribution in [3.8, 4) is 0 Å². The van der Waals surface area contributed by atoms with Crippen LogP contribution < -0.4 is 16.0 Å². The number of hydrogen-bond acceptors (Lipinski definition) is 2. The number of benzene rings is 1. The van der Waals surface area contributed by atoms with Gasteiger partial charge in [-0.3, -0.25) is 9.79 Å². The number of carbonyl (C=O) groups excluding carboxylic acids is 1. The molecule has 5 nitrogen and oxygen atoms in total. The van der Waals surface area contributed by atoms with E-state index in [-0.39, 0.29) is 11.3 Å². The van der Waals surface area contributed by atoms with Gasteiger partial charge in [-0.1, -0.05) is 45.0 Å². The molecule has 144 valence electrons. The largest absolute Gasteiger partial charge is 0.356 e. The van der Waals surface area contributed by atoms with Crippen molar-refractivity contribution >= 4 is 11.9 Å². The van der Waals surface area contributed by atoms with E-state index in [4.69, 9.17) is 0 Å². The summed E-state index contributed by atoms with van der Waals surface area (Å²) < 4.78 is 0. The van der Waals surface area contributed by atoms with E-state index in [1.807, 2.05) is 0 Å². The minimum Gasteiger partial charge on any atom is -0.356 e. The highest BCUT2D eigenvalue weighted by Crippen LogP contribution is 2.22. The Labute approximate surface area is 158 Å². The quantitative estimate of drug-likeness (QED) is 0.380. The van der Waals surface area contributed by atoms with Gasteiger partial charge in [-0.25, -0.2) is 0 Å². The fraction of sp³-hybridized carbons (Fsp3) is 0.619. The lowest BCUT2D eigenvalue weighted by Crippen LogP contribution is -2.39. The Morgan fingerprint density at radius 1 is 1.12 bits per heavy atom. The summed E-state index contributed by atoms with van der Waals surface area (Å²) >= 11 is 0. The van der Waals surface area contributed by atoms with Gasteiger partial charge in [0, 0.05) is 32.6 Å². The second-order valence-corrected chi connectivity index (χ2v) is 8.07. The molecule has 5 heteroatoms. The molecule has 0 bridgehead atoms. The second-order valence-electron chi connectivity index (χ2n) is 8.07. The minimum absolute atomic E-state index is 0.163. The molecule has 0 radical (unpaired) electrons. The number of nitrogens with zero attached hydrogens (tertiary/aromatic N) is 1. The van der Waals surface area contributed by atoms with Crippen LogP contribution in [0, 0.1) is 0 Å². The molecular weight excluding hydrogens is 324 g/mol. The smallest absolute Gasteiger partial charge is 0.220 e. The fourth-order valence-corrected chi connectivity index (χ4v) is 2.70. The van der Waals surface area contributed by atoms with E-state index in [9.17, 15) is 4.79 Å². The summed E-state index contributed by atoms with van der Waals surface area (Å²) in [7, 11) is 1.77. The molecule has 1 aliphatic carbocycles. The maximum absolute atomic E-state index is 11.6. The Bertz CT molecular complexity index is 597. The third kappa shape index (κ3) is 7.46. The van der Waals surface area contributed by atoms with Crippen molar-refractivity contribution < 1.29 is 4.79 Å². The summed E-state index contributed by atoms with van der Waals surface area (Å²) in [6.45, 7) is 8.27. The molecule has 1 aliphatic rings. The van der Waals surface area contributed by atoms with Crippen LogP contribution in [0.5, 0.6) is 0 Å². The fourth-order valence-electron chi connectivity index (χ4n) is 2.70. The molecule has 1 saturated carbocycles. The molecular formula is C21H34N4O. The first-order valence-electron chi connectivity index (χ1n) is 9.72. The summed E-state index contributed by atoms with van der Waals surface area (Å²) in [5.74, 6) is 0.954. The standard InChI is InChI=1S/C21H34N4O/c1-21(2,3)17-9-7-16(8-10-17)13-15-24-20(22-4)23-14-5-6-19(26)25-18-11-12-18/h7-10,18H,5-6,11-15H2,1-4H3,(H,25,26)(H2,22,23,24). The van der Waals surface area contributed by atoms with Crippen molar-refractivity contribution in [2.45, 2.75) is 64.3 Å². The lowest BCUT2D eigenvalue weighted by molar-refractivity contribution is -0.121. The summed E-state index contributed by atoms with van der Waals surface area (Å²) in [5, 5.41) is 9.61. The predicted octanol–water partition coefficient (Wildman–Crippen LogP) is 2.75. The number of amides is 1. The van der Waals surface area contributed by atoms with E-state index in [0.717, 1.165) is 44.7 Å². The number of aliphatic imine (C=N–C) groups is 1. The third-order valence-electron chi connectivity index (χ3n) is 4.57. The summed E-state index contributed by atoms with van der Waals surface area (Å²) in [4.78, 5) is 15.9. The van der Waals surface area contributed by atoms with Gasteiger partial charge in [-0.2, -0.15) is 0 Å². The number of hydrogen-bond donors (Lipinski definition) is 3. The van der Waals surface area contributed by atoms with E-state index in [2.05, 4.69) is 66.0 Å². The molecule has 0 atom stereocenters. The Kier molecular flexibility index (Phi) is 7.49. The van der Waals surface area contributed by atoms with E-state index < -0.39 is 0 Å². The monoisotopic (exact) mass is 358 g/mol.